The van der Waals surface area contributed by atoms with Crippen molar-refractivity contribution in [3.8, 4) is 11.4 Å². The van der Waals surface area contributed by atoms with Gasteiger partial charge in [0.2, 0.25) is 5.82 Å². The molecule has 2 N–H and O–H groups in total. The Hall–Kier alpha value is -2.73. The number of carbonyl (C=O) groups is 1. The molecular formula is C16H14ClN5O. The highest BCUT2D eigenvalue weighted by Crippen LogP contribution is 2.18. The number of amides is 1. The second-order valence-corrected chi connectivity index (χ2v) is 5.50. The molecule has 1 atom stereocenters. The number of rotatable bonds is 4. The third-order valence-corrected chi connectivity index (χ3v) is 3.68. The van der Waals surface area contributed by atoms with Gasteiger partial charge in [0.25, 0.3) is 5.91 Å². The molecule has 0 aliphatic rings. The van der Waals surface area contributed by atoms with E-state index in [2.05, 4.69) is 25.9 Å². The topological polar surface area (TPSA) is 83.6 Å². The SMILES string of the molecule is CC(NC(=O)c1ccc(-c2nn[nH]n2)cc1)c1cccc(Cl)c1. The van der Waals surface area contributed by atoms with Gasteiger partial charge in [-0.3, -0.25) is 4.79 Å². The zero-order chi connectivity index (χ0) is 16.2. The molecule has 0 aliphatic heterocycles. The van der Waals surface area contributed by atoms with Crippen LogP contribution in [0.1, 0.15) is 28.9 Å². The van der Waals surface area contributed by atoms with E-state index in [0.29, 0.717) is 16.4 Å². The van der Waals surface area contributed by atoms with E-state index in [1.807, 2.05) is 25.1 Å². The molecule has 3 rings (SSSR count). The average molecular weight is 328 g/mol. The molecule has 1 aromatic heterocycles. The molecule has 1 heterocycles. The summed E-state index contributed by atoms with van der Waals surface area (Å²) in [7, 11) is 0. The summed E-state index contributed by atoms with van der Waals surface area (Å²) in [5.74, 6) is 0.335. The minimum atomic E-state index is -0.155. The maximum Gasteiger partial charge on any atom is 0.251 e. The Labute approximate surface area is 137 Å². The average Bonchev–Trinajstić information content (AvgIpc) is 3.09. The van der Waals surface area contributed by atoms with Gasteiger partial charge in [-0.1, -0.05) is 35.9 Å². The Kier molecular flexibility index (Phi) is 4.34. The zero-order valence-corrected chi connectivity index (χ0v) is 13.1. The predicted octanol–water partition coefficient (Wildman–Crippen LogP) is 3.01. The number of hydrogen-bond donors (Lipinski definition) is 2. The van der Waals surface area contributed by atoms with Crippen molar-refractivity contribution in [1.82, 2.24) is 25.9 Å². The number of aromatic amines is 1. The molecule has 116 valence electrons. The van der Waals surface area contributed by atoms with Gasteiger partial charge in [0.05, 0.1) is 6.04 Å². The minimum absolute atomic E-state index is 0.141. The molecule has 0 spiro atoms. The van der Waals surface area contributed by atoms with Crippen LogP contribution in [0.2, 0.25) is 5.02 Å². The van der Waals surface area contributed by atoms with Crippen LogP contribution in [0.5, 0.6) is 0 Å². The first kappa shape index (κ1) is 15.2. The molecule has 7 heteroatoms. The van der Waals surface area contributed by atoms with Crippen molar-refractivity contribution in [3.05, 3.63) is 64.7 Å². The van der Waals surface area contributed by atoms with Gasteiger partial charge in [0, 0.05) is 16.1 Å². The largest absolute Gasteiger partial charge is 0.346 e. The maximum atomic E-state index is 12.3. The molecule has 3 aromatic rings. The van der Waals surface area contributed by atoms with Crippen LogP contribution in [0.15, 0.2) is 48.5 Å². The summed E-state index contributed by atoms with van der Waals surface area (Å²) in [6.07, 6.45) is 0. The molecule has 0 fully saturated rings. The molecule has 0 saturated carbocycles. The second kappa shape index (κ2) is 6.58. The van der Waals surface area contributed by atoms with Crippen LogP contribution in [0, 0.1) is 0 Å². The number of nitrogens with zero attached hydrogens (tertiary/aromatic N) is 3. The summed E-state index contributed by atoms with van der Waals surface area (Å²) < 4.78 is 0. The molecular weight excluding hydrogens is 314 g/mol. The summed E-state index contributed by atoms with van der Waals surface area (Å²) in [5.41, 5.74) is 2.30. The van der Waals surface area contributed by atoms with Crippen LogP contribution in [0.4, 0.5) is 0 Å². The van der Waals surface area contributed by atoms with Gasteiger partial charge >= 0.3 is 0 Å². The molecule has 6 nitrogen and oxygen atoms in total. The van der Waals surface area contributed by atoms with Crippen LogP contribution in [0.25, 0.3) is 11.4 Å². The van der Waals surface area contributed by atoms with Crippen LogP contribution in [0.3, 0.4) is 0 Å². The number of halogens is 1. The van der Waals surface area contributed by atoms with E-state index in [-0.39, 0.29) is 11.9 Å². The Bertz CT molecular complexity index is 802. The van der Waals surface area contributed by atoms with E-state index in [1.165, 1.54) is 0 Å². The van der Waals surface area contributed by atoms with E-state index in [1.54, 1.807) is 30.3 Å². The van der Waals surface area contributed by atoms with E-state index in [0.717, 1.165) is 11.1 Å². The Morgan fingerprint density at radius 1 is 1.22 bits per heavy atom. The van der Waals surface area contributed by atoms with Crippen molar-refractivity contribution in [2.45, 2.75) is 13.0 Å². The molecule has 23 heavy (non-hydrogen) atoms. The lowest BCUT2D eigenvalue weighted by Gasteiger charge is -2.14. The number of tetrazole rings is 1. The van der Waals surface area contributed by atoms with Gasteiger partial charge in [-0.25, -0.2) is 0 Å². The number of aromatic nitrogens is 4. The third kappa shape index (κ3) is 3.54. The second-order valence-electron chi connectivity index (χ2n) is 5.06. The van der Waals surface area contributed by atoms with Crippen LogP contribution in [-0.4, -0.2) is 26.5 Å². The van der Waals surface area contributed by atoms with Crippen molar-refractivity contribution in [1.29, 1.82) is 0 Å². The quantitative estimate of drug-likeness (QED) is 0.771. The molecule has 2 aromatic carbocycles. The lowest BCUT2D eigenvalue weighted by atomic mass is 10.1. The van der Waals surface area contributed by atoms with Crippen molar-refractivity contribution in [3.63, 3.8) is 0 Å². The highest BCUT2D eigenvalue weighted by Gasteiger charge is 2.12. The number of hydrogen-bond acceptors (Lipinski definition) is 4. The van der Waals surface area contributed by atoms with Gasteiger partial charge in [0.15, 0.2) is 0 Å². The van der Waals surface area contributed by atoms with Crippen LogP contribution >= 0.6 is 11.6 Å². The lowest BCUT2D eigenvalue weighted by Crippen LogP contribution is -2.26. The van der Waals surface area contributed by atoms with Gasteiger partial charge in [-0.05, 0) is 42.0 Å². The van der Waals surface area contributed by atoms with Gasteiger partial charge < -0.3 is 5.32 Å². The fourth-order valence-corrected chi connectivity index (χ4v) is 2.39. The summed E-state index contributed by atoms with van der Waals surface area (Å²) in [4.78, 5) is 12.3. The van der Waals surface area contributed by atoms with Gasteiger partial charge in [0.1, 0.15) is 0 Å². The number of H-pyrrole nitrogens is 1. The predicted molar refractivity (Wildman–Crippen MR) is 86.9 cm³/mol. The zero-order valence-electron chi connectivity index (χ0n) is 12.3. The van der Waals surface area contributed by atoms with Crippen molar-refractivity contribution < 1.29 is 4.79 Å². The van der Waals surface area contributed by atoms with E-state index < -0.39 is 0 Å². The first-order valence-electron chi connectivity index (χ1n) is 7.03. The summed E-state index contributed by atoms with van der Waals surface area (Å²) in [5, 5.41) is 17.3. The standard InChI is InChI=1S/C16H14ClN5O/c1-10(13-3-2-4-14(17)9-13)18-16(23)12-7-5-11(6-8-12)15-19-21-22-20-15/h2-10H,1H3,(H,18,23)(H,19,20,21,22). The monoisotopic (exact) mass is 327 g/mol. The Morgan fingerprint density at radius 2 is 2.00 bits per heavy atom. The third-order valence-electron chi connectivity index (χ3n) is 3.45. The van der Waals surface area contributed by atoms with Gasteiger partial charge in [-0.15, -0.1) is 10.2 Å². The molecule has 0 saturated heterocycles. The van der Waals surface area contributed by atoms with E-state index >= 15 is 0 Å². The Morgan fingerprint density at radius 3 is 2.65 bits per heavy atom. The molecule has 0 radical (unpaired) electrons. The lowest BCUT2D eigenvalue weighted by molar-refractivity contribution is 0.0940. The number of nitrogens with one attached hydrogen (secondary N) is 2. The van der Waals surface area contributed by atoms with Crippen molar-refractivity contribution in [2.75, 3.05) is 0 Å². The Balaban J connectivity index is 1.71. The first-order chi connectivity index (χ1) is 11.1. The molecule has 1 unspecified atom stereocenters. The summed E-state index contributed by atoms with van der Waals surface area (Å²) >= 11 is 5.98. The number of benzene rings is 2. The fourth-order valence-electron chi connectivity index (χ4n) is 2.19. The van der Waals surface area contributed by atoms with E-state index in [9.17, 15) is 4.79 Å². The van der Waals surface area contributed by atoms with E-state index in [4.69, 9.17) is 11.6 Å². The van der Waals surface area contributed by atoms with Crippen molar-refractivity contribution >= 4 is 17.5 Å². The first-order valence-corrected chi connectivity index (χ1v) is 7.41. The van der Waals surface area contributed by atoms with Crippen molar-refractivity contribution in [2.24, 2.45) is 0 Å². The minimum Gasteiger partial charge on any atom is -0.346 e. The fraction of sp³-hybridized carbons (Fsp3) is 0.125. The normalized spacial score (nSPS) is 11.9. The highest BCUT2D eigenvalue weighted by molar-refractivity contribution is 6.30. The number of carbonyl (C=O) groups excluding carboxylic acids is 1. The molecule has 1 amide bonds. The maximum absolute atomic E-state index is 12.3. The summed E-state index contributed by atoms with van der Waals surface area (Å²) in [6, 6.07) is 14.3. The molecule has 0 aliphatic carbocycles. The van der Waals surface area contributed by atoms with Crippen LogP contribution in [-0.2, 0) is 0 Å². The molecule has 0 bridgehead atoms. The summed E-state index contributed by atoms with van der Waals surface area (Å²) in [6.45, 7) is 1.91. The van der Waals surface area contributed by atoms with Gasteiger partial charge in [-0.2, -0.15) is 5.21 Å². The highest BCUT2D eigenvalue weighted by atomic mass is 35.5. The van der Waals surface area contributed by atoms with Crippen LogP contribution < -0.4 is 5.32 Å². The smallest absolute Gasteiger partial charge is 0.251 e.